The lowest BCUT2D eigenvalue weighted by Crippen LogP contribution is -2.51. The number of benzene rings is 4. The number of hydrogen-bond donors (Lipinski definition) is 3. The van der Waals surface area contributed by atoms with Crippen LogP contribution in [0.3, 0.4) is 0 Å². The highest BCUT2D eigenvalue weighted by atomic mass is 16.4. The Bertz CT molecular complexity index is 2440. The summed E-state index contributed by atoms with van der Waals surface area (Å²) in [6.45, 7) is 4.63. The van der Waals surface area contributed by atoms with Gasteiger partial charge in [-0.25, -0.2) is 9.97 Å². The van der Waals surface area contributed by atoms with Gasteiger partial charge in [0.25, 0.3) is 0 Å². The highest BCUT2D eigenvalue weighted by molar-refractivity contribution is 6.58. The minimum absolute atomic E-state index is 0. The summed E-state index contributed by atoms with van der Waals surface area (Å²) in [5.74, 6) is 0.952. The number of nitriles is 2. The first-order chi connectivity index (χ1) is 27.8. The molecule has 1 amide bonds. The van der Waals surface area contributed by atoms with Gasteiger partial charge in [0.1, 0.15) is 5.78 Å². The van der Waals surface area contributed by atoms with Crippen molar-refractivity contribution >= 4 is 40.9 Å². The van der Waals surface area contributed by atoms with Gasteiger partial charge in [-0.3, -0.25) is 19.6 Å². The number of H-pyrrole nitrogens is 1. The van der Waals surface area contributed by atoms with Crippen molar-refractivity contribution in [1.82, 2.24) is 30.0 Å². The van der Waals surface area contributed by atoms with Crippen molar-refractivity contribution in [1.29, 1.82) is 10.5 Å². The SMILES string of the molecule is C.C.N#Cc1cccc(-c2n[nH]c3ccc(CC(=O)[C@@H]4CCN(CC(=O)N5CCN(c6ccc(-c7ncccn7)cc6)CC5)C4)cc23)c1.N#Cc1cccc(B(O)O)c1. The molecule has 3 N–H and O–H groups in total. The maximum absolute atomic E-state index is 13.3. The number of anilines is 1. The zero-order valence-corrected chi connectivity index (χ0v) is 31.2. The van der Waals surface area contributed by atoms with Gasteiger partial charge in [-0.15, -0.1) is 0 Å². The van der Waals surface area contributed by atoms with E-state index in [4.69, 9.17) is 15.3 Å². The lowest BCUT2D eigenvalue weighted by atomic mass is 9.80. The predicted molar refractivity (Wildman–Crippen MR) is 230 cm³/mol. The van der Waals surface area contributed by atoms with Gasteiger partial charge >= 0.3 is 7.12 Å². The molecule has 0 aliphatic carbocycles. The van der Waals surface area contributed by atoms with E-state index in [0.29, 0.717) is 55.0 Å². The first kappa shape index (κ1) is 43.4. The van der Waals surface area contributed by atoms with Crippen molar-refractivity contribution in [2.75, 3.05) is 50.7 Å². The Labute approximate surface area is 345 Å². The number of fused-ring (bicyclic) bond motifs is 1. The molecule has 13 nitrogen and oxygen atoms in total. The number of carbonyl (C=O) groups is 2. The minimum atomic E-state index is -1.50. The summed E-state index contributed by atoms with van der Waals surface area (Å²) >= 11 is 0. The predicted octanol–water partition coefficient (Wildman–Crippen LogP) is 4.85. The molecular weight excluding hydrogens is 741 g/mol. The zero-order chi connectivity index (χ0) is 39.7. The van der Waals surface area contributed by atoms with Gasteiger partial charge in [0, 0.05) is 79.7 Å². The molecule has 14 heteroatoms. The average Bonchev–Trinajstić information content (AvgIpc) is 3.92. The fourth-order valence-electron chi connectivity index (χ4n) is 7.26. The number of piperazine rings is 1. The summed E-state index contributed by atoms with van der Waals surface area (Å²) in [6, 6.07) is 33.6. The average molecular weight is 790 g/mol. The number of aromatic nitrogens is 4. The highest BCUT2D eigenvalue weighted by Gasteiger charge is 2.31. The molecule has 6 aromatic rings. The molecule has 2 saturated heterocycles. The molecule has 59 heavy (non-hydrogen) atoms. The summed E-state index contributed by atoms with van der Waals surface area (Å²) in [6.07, 6.45) is 4.59. The van der Waals surface area contributed by atoms with Crippen LogP contribution in [-0.4, -0.2) is 105 Å². The Hall–Kier alpha value is -6.71. The molecule has 2 aliphatic rings. The number of aromatic amines is 1. The van der Waals surface area contributed by atoms with Crippen LogP contribution in [0.1, 0.15) is 38.0 Å². The molecule has 8 rings (SSSR count). The van der Waals surface area contributed by atoms with E-state index in [1.165, 1.54) is 6.07 Å². The molecule has 0 bridgehead atoms. The van der Waals surface area contributed by atoms with Crippen LogP contribution in [0.5, 0.6) is 0 Å². The Morgan fingerprint density at radius 2 is 1.49 bits per heavy atom. The highest BCUT2D eigenvalue weighted by Crippen LogP contribution is 2.29. The number of hydrogen-bond acceptors (Lipinski definition) is 11. The molecule has 2 fully saturated rings. The molecule has 4 aromatic carbocycles. The Balaban J connectivity index is 0.000000444. The van der Waals surface area contributed by atoms with E-state index in [1.807, 2.05) is 59.5 Å². The number of ketones is 1. The standard InChI is InChI=1S/C36H34N8O2.C7H6BNO2.2CH4/c37-22-26-3-1-4-28(19-26)35-31-20-25(5-10-32(31)40-41-35)21-33(45)29-11-14-42(23-29)24-34(46)44-17-15-43(16-18-44)30-8-6-27(7-9-30)36-38-12-2-13-39-36;9-5-6-2-1-3-7(4-6)8(10)11;;/h1-10,12-13,19-20,29H,11,14-18,21,23-24H2,(H,40,41);1-4,10-11H;2*1H4/t29-;;;/m1.../s1. The molecule has 0 saturated carbocycles. The van der Waals surface area contributed by atoms with E-state index < -0.39 is 7.12 Å². The third kappa shape index (κ3) is 10.6. The van der Waals surface area contributed by atoms with Crippen LogP contribution in [0.25, 0.3) is 33.5 Å². The molecule has 2 aromatic heterocycles. The number of Topliss-reactive ketones (excluding diaryl/α,β-unsaturated/α-hetero) is 1. The van der Waals surface area contributed by atoms with E-state index in [2.05, 4.69) is 48.2 Å². The number of nitrogens with zero attached hydrogens (tertiary/aromatic N) is 8. The summed E-state index contributed by atoms with van der Waals surface area (Å²) < 4.78 is 0. The number of likely N-dealkylation sites (tertiary alicyclic amines) is 1. The molecular formula is C45H48BN9O4. The Kier molecular flexibility index (Phi) is 14.8. The van der Waals surface area contributed by atoms with Crippen molar-refractivity contribution < 1.29 is 19.6 Å². The van der Waals surface area contributed by atoms with Gasteiger partial charge in [0.2, 0.25) is 5.91 Å². The van der Waals surface area contributed by atoms with Crippen LogP contribution < -0.4 is 10.4 Å². The summed E-state index contributed by atoms with van der Waals surface area (Å²) in [7, 11) is -1.50. The molecule has 4 heterocycles. The lowest BCUT2D eigenvalue weighted by molar-refractivity contribution is -0.132. The van der Waals surface area contributed by atoms with Gasteiger partial charge in [0.15, 0.2) is 5.82 Å². The molecule has 2 aliphatic heterocycles. The maximum Gasteiger partial charge on any atom is 0.488 e. The molecule has 0 unspecified atom stereocenters. The third-order valence-electron chi connectivity index (χ3n) is 10.4. The monoisotopic (exact) mass is 789 g/mol. The summed E-state index contributed by atoms with van der Waals surface area (Å²) in [5.41, 5.74) is 6.90. The van der Waals surface area contributed by atoms with Crippen LogP contribution in [0.2, 0.25) is 0 Å². The van der Waals surface area contributed by atoms with Crippen molar-refractivity contribution in [2.24, 2.45) is 5.92 Å². The Morgan fingerprint density at radius 3 is 2.19 bits per heavy atom. The molecule has 300 valence electrons. The van der Waals surface area contributed by atoms with Crippen molar-refractivity contribution in [2.45, 2.75) is 27.7 Å². The van der Waals surface area contributed by atoms with Crippen LogP contribution >= 0.6 is 0 Å². The van der Waals surface area contributed by atoms with Gasteiger partial charge in [-0.2, -0.15) is 15.6 Å². The fourth-order valence-corrected chi connectivity index (χ4v) is 7.26. The number of nitrogens with one attached hydrogen (secondary N) is 1. The van der Waals surface area contributed by atoms with Crippen LogP contribution in [0.15, 0.2) is 109 Å². The van der Waals surface area contributed by atoms with Gasteiger partial charge in [0.05, 0.1) is 41.0 Å². The van der Waals surface area contributed by atoms with Crippen LogP contribution in [0, 0.1) is 28.6 Å². The molecule has 1 atom stereocenters. The van der Waals surface area contributed by atoms with E-state index >= 15 is 0 Å². The van der Waals surface area contributed by atoms with Gasteiger partial charge < -0.3 is 19.8 Å². The largest absolute Gasteiger partial charge is 0.488 e. The van der Waals surface area contributed by atoms with Crippen LogP contribution in [0.4, 0.5) is 5.69 Å². The molecule has 0 radical (unpaired) electrons. The quantitative estimate of drug-likeness (QED) is 0.170. The number of amides is 1. The first-order valence-corrected chi connectivity index (χ1v) is 18.8. The fraction of sp³-hybridized carbons (Fsp3) is 0.267. The first-order valence-electron chi connectivity index (χ1n) is 18.8. The second kappa shape index (κ2) is 20.1. The van der Waals surface area contributed by atoms with Crippen molar-refractivity contribution in [3.8, 4) is 34.8 Å². The summed E-state index contributed by atoms with van der Waals surface area (Å²) in [5, 5.41) is 43.6. The van der Waals surface area contributed by atoms with E-state index in [-0.39, 0.29) is 32.5 Å². The lowest BCUT2D eigenvalue weighted by Gasteiger charge is -2.36. The topological polar surface area (TPSA) is 186 Å². The molecule has 0 spiro atoms. The summed E-state index contributed by atoms with van der Waals surface area (Å²) in [4.78, 5) is 41.5. The van der Waals surface area contributed by atoms with Gasteiger partial charge in [-0.1, -0.05) is 45.2 Å². The number of rotatable bonds is 9. The van der Waals surface area contributed by atoms with Crippen molar-refractivity contribution in [3.63, 3.8) is 0 Å². The normalized spacial score (nSPS) is 14.8. The smallest absolute Gasteiger partial charge is 0.423 e. The maximum atomic E-state index is 13.3. The third-order valence-corrected chi connectivity index (χ3v) is 10.4. The number of carbonyl (C=O) groups excluding carboxylic acids is 2. The van der Waals surface area contributed by atoms with E-state index in [0.717, 1.165) is 65.0 Å². The van der Waals surface area contributed by atoms with E-state index in [1.54, 1.807) is 42.7 Å². The van der Waals surface area contributed by atoms with E-state index in [9.17, 15) is 14.9 Å². The van der Waals surface area contributed by atoms with Crippen LogP contribution in [-0.2, 0) is 16.0 Å². The Morgan fingerprint density at radius 1 is 0.797 bits per heavy atom. The zero-order valence-electron chi connectivity index (χ0n) is 31.2. The second-order valence-electron chi connectivity index (χ2n) is 14.1. The second-order valence-corrected chi connectivity index (χ2v) is 14.1. The van der Waals surface area contributed by atoms with Crippen molar-refractivity contribution in [3.05, 3.63) is 126 Å². The van der Waals surface area contributed by atoms with Gasteiger partial charge in [-0.05, 0) is 90.7 Å². The minimum Gasteiger partial charge on any atom is -0.423 e.